The van der Waals surface area contributed by atoms with Gasteiger partial charge in [0.15, 0.2) is 0 Å². The molecule has 0 unspecified atom stereocenters. The van der Waals surface area contributed by atoms with Crippen LogP contribution in [-0.2, 0) is 12.7 Å². The Balaban J connectivity index is 2.44. The number of rotatable bonds is 0. The van der Waals surface area contributed by atoms with E-state index in [1.807, 2.05) is 0 Å². The zero-order valence-corrected chi connectivity index (χ0v) is 8.17. The Hall–Kier alpha value is -1.11. The second-order valence-electron chi connectivity index (χ2n) is 3.56. The maximum atomic E-state index is 12.5. The molecule has 2 heterocycles. The molecule has 0 fully saturated rings. The predicted molar refractivity (Wildman–Crippen MR) is 46.1 cm³/mol. The van der Waals surface area contributed by atoms with E-state index in [0.29, 0.717) is 25.3 Å². The Labute approximate surface area is 84.5 Å². The average molecular weight is 220 g/mol. The Morgan fingerprint density at radius 2 is 2.13 bits per heavy atom. The molecule has 15 heavy (non-hydrogen) atoms. The largest absolute Gasteiger partial charge is 0.451 e. The van der Waals surface area contributed by atoms with Gasteiger partial charge in [-0.3, -0.25) is 0 Å². The van der Waals surface area contributed by atoms with Crippen molar-refractivity contribution in [2.24, 2.45) is 0 Å². The van der Waals surface area contributed by atoms with Gasteiger partial charge in [0.2, 0.25) is 5.82 Å². The highest BCUT2D eigenvalue weighted by atomic mass is 19.4. The summed E-state index contributed by atoms with van der Waals surface area (Å²) < 4.78 is 38.7. The number of halogens is 3. The third-order valence-corrected chi connectivity index (χ3v) is 2.43. The number of fused-ring (bicyclic) bond motifs is 1. The van der Waals surface area contributed by atoms with Gasteiger partial charge in [0.1, 0.15) is 5.82 Å². The van der Waals surface area contributed by atoms with E-state index in [9.17, 15) is 13.2 Å². The summed E-state index contributed by atoms with van der Waals surface area (Å²) in [7, 11) is 0. The van der Waals surface area contributed by atoms with Crippen molar-refractivity contribution in [3.05, 3.63) is 11.6 Å². The summed E-state index contributed by atoms with van der Waals surface area (Å²) in [6.07, 6.45) is -3.77. The van der Waals surface area contributed by atoms with Gasteiger partial charge in [0, 0.05) is 6.54 Å². The van der Waals surface area contributed by atoms with E-state index in [2.05, 4.69) is 15.5 Å². The molecule has 0 spiro atoms. The van der Waals surface area contributed by atoms with Gasteiger partial charge >= 0.3 is 6.18 Å². The van der Waals surface area contributed by atoms with Gasteiger partial charge in [-0.05, 0) is 19.9 Å². The number of hydrogen-bond donors (Lipinski definition) is 1. The molecule has 2 rings (SSSR count). The van der Waals surface area contributed by atoms with Gasteiger partial charge in [-0.2, -0.15) is 13.2 Å². The van der Waals surface area contributed by atoms with Crippen molar-refractivity contribution in [3.8, 4) is 0 Å². The lowest BCUT2D eigenvalue weighted by atomic mass is 10.3. The van der Waals surface area contributed by atoms with Crippen LogP contribution in [0.25, 0.3) is 0 Å². The van der Waals surface area contributed by atoms with Crippen LogP contribution in [0, 0.1) is 0 Å². The first-order chi connectivity index (χ1) is 7.00. The lowest BCUT2D eigenvalue weighted by Gasteiger charge is -2.10. The quantitative estimate of drug-likeness (QED) is 0.717. The molecule has 0 bridgehead atoms. The van der Waals surface area contributed by atoms with Gasteiger partial charge in [0.05, 0.1) is 6.04 Å². The van der Waals surface area contributed by atoms with Crippen LogP contribution in [0.2, 0.25) is 0 Å². The minimum Gasteiger partial charge on any atom is -0.307 e. The molecule has 0 aliphatic carbocycles. The van der Waals surface area contributed by atoms with Crippen LogP contribution in [0.3, 0.4) is 0 Å². The van der Waals surface area contributed by atoms with Crippen molar-refractivity contribution < 1.29 is 13.2 Å². The van der Waals surface area contributed by atoms with Crippen molar-refractivity contribution in [3.63, 3.8) is 0 Å². The third-order valence-electron chi connectivity index (χ3n) is 2.43. The second-order valence-corrected chi connectivity index (χ2v) is 3.56. The molecule has 4 nitrogen and oxygen atoms in total. The fourth-order valence-corrected chi connectivity index (χ4v) is 1.71. The molecular weight excluding hydrogens is 209 g/mol. The standard InChI is InChI=1S/C8H11F3N4/c1-5-6-13-14-7(8(9,10)11)15(6)4-2-3-12-5/h5,12H,2-4H2,1H3/t5-/m0/s1. The zero-order chi connectivity index (χ0) is 11.1. The summed E-state index contributed by atoms with van der Waals surface area (Å²) in [6.45, 7) is 2.79. The molecule has 0 saturated carbocycles. The Morgan fingerprint density at radius 3 is 2.80 bits per heavy atom. The number of nitrogens with one attached hydrogen (secondary N) is 1. The fraction of sp³-hybridized carbons (Fsp3) is 0.750. The van der Waals surface area contributed by atoms with Crippen LogP contribution in [0.4, 0.5) is 13.2 Å². The second kappa shape index (κ2) is 3.48. The van der Waals surface area contributed by atoms with Crippen molar-refractivity contribution in [2.75, 3.05) is 6.54 Å². The van der Waals surface area contributed by atoms with Gasteiger partial charge in [-0.25, -0.2) is 0 Å². The van der Waals surface area contributed by atoms with E-state index in [1.165, 1.54) is 0 Å². The van der Waals surface area contributed by atoms with Crippen LogP contribution in [0.15, 0.2) is 0 Å². The highest BCUT2D eigenvalue weighted by Crippen LogP contribution is 2.30. The van der Waals surface area contributed by atoms with Crippen molar-refractivity contribution in [1.29, 1.82) is 0 Å². The van der Waals surface area contributed by atoms with Crippen LogP contribution in [-0.4, -0.2) is 21.3 Å². The lowest BCUT2D eigenvalue weighted by Crippen LogP contribution is -2.19. The highest BCUT2D eigenvalue weighted by molar-refractivity contribution is 5.04. The summed E-state index contributed by atoms with van der Waals surface area (Å²) in [5, 5.41) is 9.88. The first-order valence-corrected chi connectivity index (χ1v) is 4.74. The number of aromatic nitrogens is 3. The summed E-state index contributed by atoms with van der Waals surface area (Å²) >= 11 is 0. The molecule has 1 aromatic rings. The van der Waals surface area contributed by atoms with Crippen molar-refractivity contribution in [2.45, 2.75) is 32.1 Å². The van der Waals surface area contributed by atoms with Gasteiger partial charge < -0.3 is 9.88 Å². The van der Waals surface area contributed by atoms with E-state index in [4.69, 9.17) is 0 Å². The highest BCUT2D eigenvalue weighted by Gasteiger charge is 2.39. The maximum absolute atomic E-state index is 12.5. The summed E-state index contributed by atoms with van der Waals surface area (Å²) in [6, 6.07) is -0.184. The Bertz CT molecular complexity index is 357. The van der Waals surface area contributed by atoms with Crippen molar-refractivity contribution in [1.82, 2.24) is 20.1 Å². The normalized spacial score (nSPS) is 22.3. The summed E-state index contributed by atoms with van der Waals surface area (Å²) in [5.74, 6) is -0.534. The van der Waals surface area contributed by atoms with Crippen LogP contribution < -0.4 is 5.32 Å². The number of nitrogens with zero attached hydrogens (tertiary/aromatic N) is 3. The first kappa shape index (κ1) is 10.4. The van der Waals surface area contributed by atoms with E-state index in [-0.39, 0.29) is 6.04 Å². The molecule has 1 aliphatic heterocycles. The van der Waals surface area contributed by atoms with Crippen LogP contribution in [0.5, 0.6) is 0 Å². The maximum Gasteiger partial charge on any atom is 0.451 e. The average Bonchev–Trinajstić information content (AvgIpc) is 2.48. The molecular formula is C8H11F3N4. The molecule has 1 N–H and O–H groups in total. The van der Waals surface area contributed by atoms with E-state index in [0.717, 1.165) is 4.57 Å². The van der Waals surface area contributed by atoms with E-state index >= 15 is 0 Å². The molecule has 0 amide bonds. The van der Waals surface area contributed by atoms with E-state index < -0.39 is 12.0 Å². The summed E-state index contributed by atoms with van der Waals surface area (Å²) in [5.41, 5.74) is 0. The third kappa shape index (κ3) is 1.83. The monoisotopic (exact) mass is 220 g/mol. The molecule has 84 valence electrons. The molecule has 7 heteroatoms. The molecule has 0 aromatic carbocycles. The minimum absolute atomic E-state index is 0.184. The number of alkyl halides is 3. The van der Waals surface area contributed by atoms with Crippen LogP contribution >= 0.6 is 0 Å². The fourth-order valence-electron chi connectivity index (χ4n) is 1.71. The van der Waals surface area contributed by atoms with Gasteiger partial charge in [-0.15, -0.1) is 10.2 Å². The minimum atomic E-state index is -4.42. The number of hydrogen-bond acceptors (Lipinski definition) is 3. The molecule has 0 saturated heterocycles. The predicted octanol–water partition coefficient (Wildman–Crippen LogP) is 1.35. The molecule has 1 aromatic heterocycles. The zero-order valence-electron chi connectivity index (χ0n) is 8.17. The summed E-state index contributed by atoms with van der Waals surface area (Å²) in [4.78, 5) is 0. The molecule has 1 aliphatic rings. The molecule has 1 atom stereocenters. The first-order valence-electron chi connectivity index (χ1n) is 4.74. The van der Waals surface area contributed by atoms with Crippen molar-refractivity contribution >= 4 is 0 Å². The lowest BCUT2D eigenvalue weighted by molar-refractivity contribution is -0.147. The SMILES string of the molecule is C[C@@H]1NCCCn2c1nnc2C(F)(F)F. The molecule has 0 radical (unpaired) electrons. The Morgan fingerprint density at radius 1 is 1.40 bits per heavy atom. The Kier molecular flexibility index (Phi) is 2.41. The smallest absolute Gasteiger partial charge is 0.307 e. The van der Waals surface area contributed by atoms with Crippen LogP contribution in [0.1, 0.15) is 31.0 Å². The van der Waals surface area contributed by atoms with Gasteiger partial charge in [0.25, 0.3) is 0 Å². The van der Waals surface area contributed by atoms with Gasteiger partial charge in [-0.1, -0.05) is 0 Å². The topological polar surface area (TPSA) is 42.7 Å². The van der Waals surface area contributed by atoms with E-state index in [1.54, 1.807) is 6.92 Å².